The van der Waals surface area contributed by atoms with Gasteiger partial charge in [0, 0.05) is 54.0 Å². The Morgan fingerprint density at radius 1 is 1.19 bits per heavy atom. The normalized spacial score (nSPS) is 15.6. The van der Waals surface area contributed by atoms with Gasteiger partial charge in [-0.2, -0.15) is 0 Å². The molecule has 1 unspecified atom stereocenters. The number of likely N-dealkylation sites (N-methyl/N-ethyl adjacent to an activating group) is 1. The Morgan fingerprint density at radius 3 is 2.54 bits per heavy atom. The van der Waals surface area contributed by atoms with E-state index in [2.05, 4.69) is 15.2 Å². The van der Waals surface area contributed by atoms with Gasteiger partial charge in [0.2, 0.25) is 5.91 Å². The molecule has 0 bridgehead atoms. The van der Waals surface area contributed by atoms with E-state index in [4.69, 9.17) is 21.3 Å². The molecule has 0 saturated carbocycles. The number of benzene rings is 1. The number of morpholine rings is 1. The molecule has 194 valence electrons. The molecule has 6 N–H and O–H groups in total. The van der Waals surface area contributed by atoms with Crippen LogP contribution < -0.4 is 16.0 Å². The summed E-state index contributed by atoms with van der Waals surface area (Å²) >= 11 is 1.16. The number of nitrogens with two attached hydrogens (primary N) is 1. The van der Waals surface area contributed by atoms with Crippen LogP contribution in [0, 0.1) is 10.8 Å². The average molecular weight is 524 g/mol. The second-order valence-corrected chi connectivity index (χ2v) is 9.82. The van der Waals surface area contributed by atoms with Gasteiger partial charge < -0.3 is 36.5 Å². The lowest BCUT2D eigenvalue weighted by molar-refractivity contribution is -0.124. The Labute approximate surface area is 217 Å². The summed E-state index contributed by atoms with van der Waals surface area (Å²) in [5.41, 5.74) is 6.95. The van der Waals surface area contributed by atoms with Crippen LogP contribution in [0.15, 0.2) is 30.3 Å². The van der Waals surface area contributed by atoms with Crippen molar-refractivity contribution in [1.82, 2.24) is 9.88 Å². The van der Waals surface area contributed by atoms with Crippen LogP contribution in [0.4, 0.5) is 11.5 Å². The number of primary amides is 1. The number of hydrogen-bond donors (Lipinski definition) is 5. The fourth-order valence-corrected chi connectivity index (χ4v) is 5.26. The lowest BCUT2D eigenvalue weighted by Crippen LogP contribution is -2.50. The number of fused-ring (bicyclic) bond motifs is 1. The summed E-state index contributed by atoms with van der Waals surface area (Å²) < 4.78 is 5.38. The molecular weight excluding hydrogens is 494 g/mol. The number of H-pyrrole nitrogens is 1. The van der Waals surface area contributed by atoms with Gasteiger partial charge in [-0.15, -0.1) is 11.3 Å². The number of nitrogens with zero attached hydrogens (tertiary/aromatic N) is 2. The van der Waals surface area contributed by atoms with Gasteiger partial charge in [-0.1, -0.05) is 0 Å². The Balaban J connectivity index is 1.59. The van der Waals surface area contributed by atoms with Gasteiger partial charge >= 0.3 is 0 Å². The molecule has 0 spiro atoms. The molecule has 37 heavy (non-hydrogen) atoms. The minimum Gasteiger partial charge on any atom is -0.379 e. The first-order valence-corrected chi connectivity index (χ1v) is 12.5. The molecule has 1 aliphatic rings. The number of carbonyl (C=O) groups is 3. The van der Waals surface area contributed by atoms with Crippen molar-refractivity contribution in [2.75, 3.05) is 43.6 Å². The van der Waals surface area contributed by atoms with E-state index in [0.29, 0.717) is 52.6 Å². The fraction of sp³-hybridized carbons (Fsp3) is 0.320. The van der Waals surface area contributed by atoms with E-state index in [-0.39, 0.29) is 23.3 Å². The summed E-state index contributed by atoms with van der Waals surface area (Å²) in [6.45, 7) is 4.45. The zero-order valence-electron chi connectivity index (χ0n) is 20.5. The van der Waals surface area contributed by atoms with Crippen LogP contribution in [0.2, 0.25) is 0 Å². The summed E-state index contributed by atoms with van der Waals surface area (Å²) in [6, 6.07) is 8.15. The summed E-state index contributed by atoms with van der Waals surface area (Å²) in [6.07, 6.45) is 2.26. The molecule has 3 amide bonds. The maximum Gasteiger partial charge on any atom is 0.266 e. The van der Waals surface area contributed by atoms with Crippen LogP contribution in [-0.2, 0) is 9.53 Å². The number of thiophene rings is 1. The molecule has 3 aromatic rings. The number of carbonyl (C=O) groups excluding carboxylic acids is 3. The van der Waals surface area contributed by atoms with Crippen LogP contribution in [0.5, 0.6) is 0 Å². The number of hydrogen-bond acceptors (Lipinski definition) is 8. The van der Waals surface area contributed by atoms with E-state index in [0.717, 1.165) is 23.8 Å². The maximum absolute atomic E-state index is 13.1. The van der Waals surface area contributed by atoms with Gasteiger partial charge in [-0.3, -0.25) is 19.3 Å². The van der Waals surface area contributed by atoms with Crippen molar-refractivity contribution in [1.29, 1.82) is 10.8 Å². The van der Waals surface area contributed by atoms with E-state index >= 15 is 0 Å². The minimum atomic E-state index is -0.709. The largest absolute Gasteiger partial charge is 0.379 e. The number of aromatic nitrogens is 1. The molecule has 11 nitrogen and oxygen atoms in total. The predicted octanol–water partition coefficient (Wildman–Crippen LogP) is 2.65. The molecule has 0 aliphatic carbocycles. The SMILES string of the molecule is CC(C(=O)N(C)c1ccc2c(C(N)=O)c(NC(=O)c3ccc(C(C=N)C=N)s3)[nH]c2c1)N1CCOCC1. The highest BCUT2D eigenvalue weighted by molar-refractivity contribution is 7.14. The van der Waals surface area contributed by atoms with Crippen LogP contribution in [-0.4, -0.2) is 79.4 Å². The Hall–Kier alpha value is -3.87. The first-order valence-electron chi connectivity index (χ1n) is 11.7. The molecule has 4 rings (SSSR count). The lowest BCUT2D eigenvalue weighted by Gasteiger charge is -2.33. The van der Waals surface area contributed by atoms with Crippen molar-refractivity contribution in [2.24, 2.45) is 5.73 Å². The van der Waals surface area contributed by atoms with Gasteiger partial charge in [-0.25, -0.2) is 0 Å². The van der Waals surface area contributed by atoms with Crippen molar-refractivity contribution < 1.29 is 19.1 Å². The quantitative estimate of drug-likeness (QED) is 0.271. The van der Waals surface area contributed by atoms with E-state index < -0.39 is 17.7 Å². The van der Waals surface area contributed by atoms with Crippen LogP contribution in [0.3, 0.4) is 0 Å². The van der Waals surface area contributed by atoms with E-state index in [1.807, 2.05) is 6.92 Å². The average Bonchev–Trinajstić information content (AvgIpc) is 3.53. The van der Waals surface area contributed by atoms with Crippen LogP contribution in [0.25, 0.3) is 10.9 Å². The predicted molar refractivity (Wildman–Crippen MR) is 145 cm³/mol. The number of aromatic amines is 1. The molecule has 1 fully saturated rings. The van der Waals surface area contributed by atoms with Crippen molar-refractivity contribution in [3.05, 3.63) is 45.6 Å². The monoisotopic (exact) mass is 523 g/mol. The Kier molecular flexibility index (Phi) is 7.81. The number of anilines is 2. The van der Waals surface area contributed by atoms with Gasteiger partial charge in [0.1, 0.15) is 5.82 Å². The number of rotatable bonds is 9. The second kappa shape index (κ2) is 11.0. The van der Waals surface area contributed by atoms with Gasteiger partial charge in [-0.05, 0) is 37.3 Å². The summed E-state index contributed by atoms with van der Waals surface area (Å²) in [5, 5.41) is 18.1. The molecule has 12 heteroatoms. The summed E-state index contributed by atoms with van der Waals surface area (Å²) in [5.74, 6) is -1.57. The third-order valence-corrected chi connectivity index (χ3v) is 7.66. The number of ether oxygens (including phenoxy) is 1. The summed E-state index contributed by atoms with van der Waals surface area (Å²) in [7, 11) is 1.70. The highest BCUT2D eigenvalue weighted by atomic mass is 32.1. The minimum absolute atomic E-state index is 0.0712. The smallest absolute Gasteiger partial charge is 0.266 e. The van der Waals surface area contributed by atoms with Crippen molar-refractivity contribution in [2.45, 2.75) is 18.9 Å². The molecule has 1 atom stereocenters. The first-order chi connectivity index (χ1) is 17.7. The van der Waals surface area contributed by atoms with E-state index in [1.54, 1.807) is 42.3 Å². The van der Waals surface area contributed by atoms with Gasteiger partial charge in [0.25, 0.3) is 11.8 Å². The number of nitrogens with one attached hydrogen (secondary N) is 4. The molecular formula is C25H29N7O4S. The van der Waals surface area contributed by atoms with Crippen LogP contribution >= 0.6 is 11.3 Å². The van der Waals surface area contributed by atoms with Gasteiger partial charge in [0.15, 0.2) is 0 Å². The standard InChI is InChI=1S/C25H29N7O4S/c1-14(32-7-9-36-10-8-32)25(35)31(2)16-3-4-17-18(11-16)29-23(21(17)22(28)33)30-24(34)20-6-5-19(37-20)15(12-26)13-27/h3-6,11-15,26-27,29H,7-10H2,1-2H3,(H2,28,33)(H,30,34). The molecule has 1 saturated heterocycles. The van der Waals surface area contributed by atoms with Crippen LogP contribution in [0.1, 0.15) is 37.7 Å². The molecule has 0 radical (unpaired) electrons. The fourth-order valence-electron chi connectivity index (χ4n) is 4.31. The van der Waals surface area contributed by atoms with Crippen molar-refractivity contribution in [3.8, 4) is 0 Å². The van der Waals surface area contributed by atoms with E-state index in [1.165, 1.54) is 0 Å². The number of amides is 3. The third-order valence-electron chi connectivity index (χ3n) is 6.47. The molecule has 3 heterocycles. The molecule has 1 aromatic carbocycles. The second-order valence-electron chi connectivity index (χ2n) is 8.71. The zero-order valence-corrected chi connectivity index (χ0v) is 21.4. The Bertz CT molecular complexity index is 1350. The highest BCUT2D eigenvalue weighted by Crippen LogP contribution is 2.31. The topological polar surface area (TPSA) is 168 Å². The van der Waals surface area contributed by atoms with Gasteiger partial charge in [0.05, 0.1) is 35.6 Å². The highest BCUT2D eigenvalue weighted by Gasteiger charge is 2.27. The Morgan fingerprint density at radius 2 is 1.89 bits per heavy atom. The maximum atomic E-state index is 13.1. The molecule has 2 aromatic heterocycles. The zero-order chi connectivity index (χ0) is 26.7. The third kappa shape index (κ3) is 5.31. The van der Waals surface area contributed by atoms with Crippen molar-refractivity contribution >= 4 is 63.9 Å². The first kappa shape index (κ1) is 26.2. The lowest BCUT2D eigenvalue weighted by atomic mass is 10.1. The molecule has 1 aliphatic heterocycles. The summed E-state index contributed by atoms with van der Waals surface area (Å²) in [4.78, 5) is 46.1. The van der Waals surface area contributed by atoms with Crippen molar-refractivity contribution in [3.63, 3.8) is 0 Å². The van der Waals surface area contributed by atoms with E-state index in [9.17, 15) is 14.4 Å².